The maximum absolute atomic E-state index is 10.3. The van der Waals surface area contributed by atoms with E-state index in [0.29, 0.717) is 0 Å². The molecular formula is C35H26O2. The lowest BCUT2D eigenvalue weighted by Gasteiger charge is -2.38. The maximum Gasteiger partial charge on any atom is 0.116 e. The van der Waals surface area contributed by atoms with Gasteiger partial charge in [-0.25, -0.2) is 0 Å². The molecule has 1 aliphatic carbocycles. The smallest absolute Gasteiger partial charge is 0.116 e. The molecule has 2 heteroatoms. The van der Waals surface area contributed by atoms with Crippen LogP contribution in [0.25, 0.3) is 32.7 Å². The first-order valence-corrected chi connectivity index (χ1v) is 12.6. The first kappa shape index (κ1) is 21.7. The summed E-state index contributed by atoms with van der Waals surface area (Å²) in [6.45, 7) is 4.39. The fourth-order valence-electron chi connectivity index (χ4n) is 6.75. The Morgan fingerprint density at radius 1 is 0.486 bits per heavy atom. The lowest BCUT2D eigenvalue weighted by atomic mass is 9.63. The van der Waals surface area contributed by atoms with Gasteiger partial charge in [0.05, 0.1) is 5.41 Å². The fraction of sp³-hybridized carbons (Fsp3) is 0.0857. The van der Waals surface area contributed by atoms with Crippen LogP contribution in [0.3, 0.4) is 0 Å². The summed E-state index contributed by atoms with van der Waals surface area (Å²) in [5.74, 6) is 0.529. The molecule has 0 radical (unpaired) electrons. The highest BCUT2D eigenvalue weighted by atomic mass is 16.3. The van der Waals surface area contributed by atoms with Crippen LogP contribution >= 0.6 is 0 Å². The summed E-state index contributed by atoms with van der Waals surface area (Å²) in [4.78, 5) is 0. The molecule has 0 saturated carbocycles. The second-order valence-corrected chi connectivity index (χ2v) is 10.2. The molecule has 0 fully saturated rings. The molecule has 7 rings (SSSR count). The molecule has 0 spiro atoms. The van der Waals surface area contributed by atoms with Crippen LogP contribution in [-0.4, -0.2) is 10.2 Å². The van der Waals surface area contributed by atoms with Crippen LogP contribution in [0.2, 0.25) is 0 Å². The van der Waals surface area contributed by atoms with E-state index in [2.05, 4.69) is 98.8 Å². The molecule has 2 nitrogen and oxygen atoms in total. The Labute approximate surface area is 216 Å². The van der Waals surface area contributed by atoms with E-state index in [1.54, 1.807) is 12.1 Å². The zero-order valence-electron chi connectivity index (χ0n) is 20.8. The van der Waals surface area contributed by atoms with E-state index in [1.807, 2.05) is 12.1 Å². The zero-order valence-corrected chi connectivity index (χ0v) is 20.8. The van der Waals surface area contributed by atoms with E-state index in [4.69, 9.17) is 0 Å². The standard InChI is InChI=1S/C35H26O2/c1-21-11-13-23-19-25(36)15-17-27(23)33(21)35(34-22(2)12-14-24-20-26(37)16-18-28(24)34)31-9-5-3-7-29(31)30-8-4-6-10-32(30)35/h3-20,36-37H,1-2H3. The first-order valence-electron chi connectivity index (χ1n) is 12.6. The predicted octanol–water partition coefficient (Wildman–Crippen LogP) is 8.38. The molecule has 0 bridgehead atoms. The van der Waals surface area contributed by atoms with E-state index in [9.17, 15) is 10.2 Å². The molecule has 1 aliphatic rings. The van der Waals surface area contributed by atoms with E-state index < -0.39 is 5.41 Å². The summed E-state index contributed by atoms with van der Waals surface area (Å²) in [6, 6.07) is 37.5. The Morgan fingerprint density at radius 3 is 1.38 bits per heavy atom. The third kappa shape index (κ3) is 2.87. The van der Waals surface area contributed by atoms with Crippen LogP contribution in [0.15, 0.2) is 109 Å². The molecule has 6 aromatic carbocycles. The van der Waals surface area contributed by atoms with E-state index in [0.717, 1.165) is 21.5 Å². The average molecular weight is 479 g/mol. The summed E-state index contributed by atoms with van der Waals surface area (Å²) in [6.07, 6.45) is 0. The Kier molecular flexibility index (Phi) is 4.53. The largest absolute Gasteiger partial charge is 0.508 e. The van der Waals surface area contributed by atoms with Crippen LogP contribution in [0.5, 0.6) is 11.5 Å². The molecule has 6 aromatic rings. The van der Waals surface area contributed by atoms with Crippen LogP contribution < -0.4 is 0 Å². The van der Waals surface area contributed by atoms with Crippen LogP contribution in [0.1, 0.15) is 33.4 Å². The van der Waals surface area contributed by atoms with Gasteiger partial charge in [-0.3, -0.25) is 0 Å². The van der Waals surface area contributed by atoms with Gasteiger partial charge < -0.3 is 10.2 Å². The summed E-state index contributed by atoms with van der Waals surface area (Å²) in [5, 5.41) is 25.0. The van der Waals surface area contributed by atoms with Crippen LogP contribution in [0.4, 0.5) is 0 Å². The van der Waals surface area contributed by atoms with Crippen molar-refractivity contribution in [3.63, 3.8) is 0 Å². The second-order valence-electron chi connectivity index (χ2n) is 10.2. The van der Waals surface area contributed by atoms with Crippen molar-refractivity contribution in [2.75, 3.05) is 0 Å². The van der Waals surface area contributed by atoms with Crippen molar-refractivity contribution in [1.82, 2.24) is 0 Å². The van der Waals surface area contributed by atoms with Crippen molar-refractivity contribution in [3.8, 4) is 22.6 Å². The van der Waals surface area contributed by atoms with Gasteiger partial charge in [0, 0.05) is 0 Å². The topological polar surface area (TPSA) is 40.5 Å². The van der Waals surface area contributed by atoms with Gasteiger partial charge in [-0.05, 0) is 104 Å². The molecule has 0 heterocycles. The van der Waals surface area contributed by atoms with Crippen LogP contribution in [-0.2, 0) is 5.41 Å². The van der Waals surface area contributed by atoms with Crippen molar-refractivity contribution in [2.24, 2.45) is 0 Å². The normalized spacial score (nSPS) is 13.6. The van der Waals surface area contributed by atoms with Gasteiger partial charge in [0.1, 0.15) is 11.5 Å². The molecular weight excluding hydrogens is 452 g/mol. The Balaban J connectivity index is 1.79. The number of rotatable bonds is 2. The minimum atomic E-state index is -0.589. The molecule has 0 aromatic heterocycles. The number of fused-ring (bicyclic) bond motifs is 5. The molecule has 178 valence electrons. The second kappa shape index (κ2) is 7.72. The lowest BCUT2D eigenvalue weighted by molar-refractivity contribution is 0.475. The molecule has 2 N–H and O–H groups in total. The molecule has 0 saturated heterocycles. The lowest BCUT2D eigenvalue weighted by Crippen LogP contribution is -2.31. The van der Waals surface area contributed by atoms with Crippen molar-refractivity contribution < 1.29 is 10.2 Å². The fourth-order valence-corrected chi connectivity index (χ4v) is 6.75. The van der Waals surface area contributed by atoms with Gasteiger partial charge in [0.15, 0.2) is 0 Å². The van der Waals surface area contributed by atoms with E-state index in [-0.39, 0.29) is 11.5 Å². The van der Waals surface area contributed by atoms with Gasteiger partial charge in [0.25, 0.3) is 0 Å². The van der Waals surface area contributed by atoms with Crippen molar-refractivity contribution in [2.45, 2.75) is 19.3 Å². The highest BCUT2D eigenvalue weighted by molar-refractivity contribution is 6.00. The zero-order chi connectivity index (χ0) is 25.3. The highest BCUT2D eigenvalue weighted by Crippen LogP contribution is 2.59. The maximum atomic E-state index is 10.3. The minimum absolute atomic E-state index is 0.264. The Hall–Kier alpha value is -4.56. The predicted molar refractivity (Wildman–Crippen MR) is 152 cm³/mol. The minimum Gasteiger partial charge on any atom is -0.508 e. The summed E-state index contributed by atoms with van der Waals surface area (Å²) in [7, 11) is 0. The molecule has 0 aliphatic heterocycles. The van der Waals surface area contributed by atoms with Gasteiger partial charge in [-0.1, -0.05) is 84.9 Å². The summed E-state index contributed by atoms with van der Waals surface area (Å²) < 4.78 is 0. The Morgan fingerprint density at radius 2 is 0.919 bits per heavy atom. The molecule has 37 heavy (non-hydrogen) atoms. The van der Waals surface area contributed by atoms with E-state index in [1.165, 1.54) is 44.5 Å². The van der Waals surface area contributed by atoms with Crippen molar-refractivity contribution in [3.05, 3.63) is 143 Å². The third-order valence-electron chi connectivity index (χ3n) is 8.13. The van der Waals surface area contributed by atoms with Gasteiger partial charge in [-0.2, -0.15) is 0 Å². The molecule has 0 unspecified atom stereocenters. The number of benzene rings is 6. The summed E-state index contributed by atoms with van der Waals surface area (Å²) >= 11 is 0. The number of phenols is 2. The molecule has 0 amide bonds. The third-order valence-corrected chi connectivity index (χ3v) is 8.13. The first-order chi connectivity index (χ1) is 18.0. The summed E-state index contributed by atoms with van der Waals surface area (Å²) in [5.41, 5.74) is 9.24. The number of aromatic hydroxyl groups is 2. The quantitative estimate of drug-likeness (QED) is 0.262. The number of phenolic OH excluding ortho intramolecular Hbond substituents is 2. The number of aryl methyl sites for hydroxylation is 2. The van der Waals surface area contributed by atoms with E-state index >= 15 is 0 Å². The van der Waals surface area contributed by atoms with Crippen molar-refractivity contribution >= 4 is 21.5 Å². The van der Waals surface area contributed by atoms with Gasteiger partial charge in [-0.15, -0.1) is 0 Å². The average Bonchev–Trinajstić information content (AvgIpc) is 3.20. The van der Waals surface area contributed by atoms with Crippen LogP contribution in [0, 0.1) is 13.8 Å². The number of hydrogen-bond acceptors (Lipinski definition) is 2. The monoisotopic (exact) mass is 478 g/mol. The Bertz CT molecular complexity index is 1740. The van der Waals surface area contributed by atoms with Crippen molar-refractivity contribution in [1.29, 1.82) is 0 Å². The molecule has 0 atom stereocenters. The van der Waals surface area contributed by atoms with Gasteiger partial charge in [0.2, 0.25) is 0 Å². The number of hydrogen-bond donors (Lipinski definition) is 2. The SMILES string of the molecule is Cc1ccc2cc(O)ccc2c1C1(c2c(C)ccc3cc(O)ccc23)c2ccccc2-c2ccccc21. The van der Waals surface area contributed by atoms with Gasteiger partial charge >= 0.3 is 0 Å². The highest BCUT2D eigenvalue weighted by Gasteiger charge is 2.48.